The maximum atomic E-state index is 9.01. The molecule has 0 aliphatic heterocycles. The van der Waals surface area contributed by atoms with Crippen LogP contribution in [0.3, 0.4) is 0 Å². The van der Waals surface area contributed by atoms with Crippen LogP contribution in [0.2, 0.25) is 0 Å². The third kappa shape index (κ3) is 1.03. The topological polar surface area (TPSA) is 40.5 Å². The molecule has 2 heteroatoms. The van der Waals surface area contributed by atoms with Crippen LogP contribution in [0.1, 0.15) is 19.8 Å². The molecule has 0 aromatic carbocycles. The van der Waals surface area contributed by atoms with Crippen molar-refractivity contribution in [3.8, 4) is 0 Å². The molecule has 0 bridgehead atoms. The summed E-state index contributed by atoms with van der Waals surface area (Å²) in [4.78, 5) is 0. The molecule has 0 saturated heterocycles. The molecule has 0 aromatic rings. The zero-order valence-corrected chi connectivity index (χ0v) is 5.31. The second-order valence-electron chi connectivity index (χ2n) is 2.10. The molecule has 48 valence electrons. The number of rotatable bonds is 0. The van der Waals surface area contributed by atoms with Gasteiger partial charge in [-0.1, -0.05) is 0 Å². The largest absolute Gasteiger partial charge is 0.495 e. The number of aliphatic hydroxyl groups is 2. The summed E-state index contributed by atoms with van der Waals surface area (Å²) < 4.78 is 0. The third-order valence-corrected chi connectivity index (χ3v) is 1.44. The highest BCUT2D eigenvalue weighted by molar-refractivity contribution is 5.26. The first-order valence-electron chi connectivity index (χ1n) is 2.90. The van der Waals surface area contributed by atoms with Gasteiger partial charge in [0.2, 0.25) is 0 Å². The highest BCUT2D eigenvalue weighted by Crippen LogP contribution is 2.19. The minimum atomic E-state index is 0.0961. The molecule has 1 aliphatic carbocycles. The van der Waals surface area contributed by atoms with Gasteiger partial charge in [-0.05, 0) is 0 Å². The number of allylic oxidation sites excluding steroid dienone is 3. The van der Waals surface area contributed by atoms with Crippen LogP contribution >= 0.6 is 0 Å². The van der Waals surface area contributed by atoms with Crippen LogP contribution in [0, 0.1) is 6.08 Å². The molecule has 0 fully saturated rings. The SMILES string of the molecule is CC1=C(O)CC[C+]=C1O. The average molecular weight is 125 g/mol. The lowest BCUT2D eigenvalue weighted by Gasteiger charge is -1.97. The molecule has 0 spiro atoms. The maximum absolute atomic E-state index is 9.01. The second-order valence-corrected chi connectivity index (χ2v) is 2.10. The van der Waals surface area contributed by atoms with Crippen molar-refractivity contribution in [2.24, 2.45) is 0 Å². The van der Waals surface area contributed by atoms with Crippen LogP contribution in [-0.2, 0) is 0 Å². The van der Waals surface area contributed by atoms with E-state index in [0.717, 1.165) is 0 Å². The van der Waals surface area contributed by atoms with E-state index in [0.29, 0.717) is 18.4 Å². The predicted octanol–water partition coefficient (Wildman–Crippen LogP) is 1.86. The Morgan fingerprint density at radius 2 is 2.11 bits per heavy atom. The number of aliphatic hydroxyl groups excluding tert-OH is 2. The van der Waals surface area contributed by atoms with Crippen molar-refractivity contribution >= 4 is 0 Å². The molecular weight excluding hydrogens is 116 g/mol. The molecule has 1 aliphatic rings. The van der Waals surface area contributed by atoms with Crippen molar-refractivity contribution in [1.29, 1.82) is 0 Å². The van der Waals surface area contributed by atoms with Gasteiger partial charge >= 0.3 is 5.76 Å². The van der Waals surface area contributed by atoms with Gasteiger partial charge in [0.25, 0.3) is 0 Å². The van der Waals surface area contributed by atoms with Crippen molar-refractivity contribution in [2.45, 2.75) is 19.8 Å². The second kappa shape index (κ2) is 2.08. The van der Waals surface area contributed by atoms with E-state index in [2.05, 4.69) is 6.08 Å². The first kappa shape index (κ1) is 6.12. The van der Waals surface area contributed by atoms with Gasteiger partial charge in [0.1, 0.15) is 6.08 Å². The van der Waals surface area contributed by atoms with Gasteiger partial charge in [0.15, 0.2) is 11.3 Å². The summed E-state index contributed by atoms with van der Waals surface area (Å²) in [5, 5.41) is 17.9. The first-order valence-corrected chi connectivity index (χ1v) is 2.90. The monoisotopic (exact) mass is 125 g/mol. The minimum absolute atomic E-state index is 0.0961. The Balaban J connectivity index is 2.88. The van der Waals surface area contributed by atoms with Gasteiger partial charge in [-0.3, -0.25) is 0 Å². The van der Waals surface area contributed by atoms with Gasteiger partial charge in [-0.25, -0.2) is 0 Å². The smallest absolute Gasteiger partial charge is 0.347 e. The van der Waals surface area contributed by atoms with E-state index in [9.17, 15) is 0 Å². The zero-order chi connectivity index (χ0) is 6.85. The van der Waals surface area contributed by atoms with E-state index in [1.54, 1.807) is 6.92 Å². The molecule has 0 atom stereocenters. The van der Waals surface area contributed by atoms with Crippen molar-refractivity contribution < 1.29 is 10.2 Å². The summed E-state index contributed by atoms with van der Waals surface area (Å²) in [6, 6.07) is 0. The van der Waals surface area contributed by atoms with Crippen LogP contribution in [0.4, 0.5) is 0 Å². The van der Waals surface area contributed by atoms with Crippen LogP contribution in [0.5, 0.6) is 0 Å². The highest BCUT2D eigenvalue weighted by atomic mass is 16.3. The molecule has 0 heterocycles. The lowest BCUT2D eigenvalue weighted by molar-refractivity contribution is 0.349. The Bertz CT molecular complexity index is 177. The molecule has 2 N–H and O–H groups in total. The molecule has 0 amide bonds. The van der Waals surface area contributed by atoms with Gasteiger partial charge in [0, 0.05) is 6.92 Å². The summed E-state index contributed by atoms with van der Waals surface area (Å²) >= 11 is 0. The molecule has 0 radical (unpaired) electrons. The van der Waals surface area contributed by atoms with Gasteiger partial charge in [0.05, 0.1) is 12.8 Å². The van der Waals surface area contributed by atoms with E-state index in [1.165, 1.54) is 0 Å². The van der Waals surface area contributed by atoms with Gasteiger partial charge in [-0.2, -0.15) is 0 Å². The number of hydrogen-bond acceptors (Lipinski definition) is 2. The molecule has 9 heavy (non-hydrogen) atoms. The van der Waals surface area contributed by atoms with E-state index in [4.69, 9.17) is 10.2 Å². The molecule has 1 rings (SSSR count). The number of hydrogen-bond donors (Lipinski definition) is 2. The summed E-state index contributed by atoms with van der Waals surface area (Å²) in [6.07, 6.45) is 3.94. The fourth-order valence-electron chi connectivity index (χ4n) is 0.756. The normalized spacial score (nSPS) is 19.0. The molecule has 0 aromatic heterocycles. The lowest BCUT2D eigenvalue weighted by Crippen LogP contribution is -1.97. The van der Waals surface area contributed by atoms with Crippen LogP contribution in [0.15, 0.2) is 17.1 Å². The predicted molar refractivity (Wildman–Crippen MR) is 33.9 cm³/mol. The summed E-state index contributed by atoms with van der Waals surface area (Å²) in [5.74, 6) is 0.380. The summed E-state index contributed by atoms with van der Waals surface area (Å²) in [7, 11) is 0. The lowest BCUT2D eigenvalue weighted by atomic mass is 10.1. The highest BCUT2D eigenvalue weighted by Gasteiger charge is 2.21. The first-order chi connectivity index (χ1) is 4.22. The van der Waals surface area contributed by atoms with E-state index in [-0.39, 0.29) is 11.5 Å². The van der Waals surface area contributed by atoms with Crippen LogP contribution < -0.4 is 0 Å². The fraction of sp³-hybridized carbons (Fsp3) is 0.429. The quantitative estimate of drug-likeness (QED) is 0.485. The minimum Gasteiger partial charge on any atom is -0.495 e. The molecule has 2 nitrogen and oxygen atoms in total. The van der Waals surface area contributed by atoms with Crippen molar-refractivity contribution in [3.05, 3.63) is 23.2 Å². The van der Waals surface area contributed by atoms with E-state index in [1.807, 2.05) is 0 Å². The maximum Gasteiger partial charge on any atom is 0.347 e. The molecule has 0 unspecified atom stereocenters. The third-order valence-electron chi connectivity index (χ3n) is 1.44. The van der Waals surface area contributed by atoms with Crippen LogP contribution in [0.25, 0.3) is 0 Å². The average Bonchev–Trinajstić information content (AvgIpc) is 1.83. The van der Waals surface area contributed by atoms with Crippen LogP contribution in [-0.4, -0.2) is 10.2 Å². The van der Waals surface area contributed by atoms with E-state index >= 15 is 0 Å². The molecule has 0 saturated carbocycles. The van der Waals surface area contributed by atoms with Gasteiger partial charge < -0.3 is 10.2 Å². The molecular formula is C7H9O2+. The Morgan fingerprint density at radius 1 is 1.44 bits per heavy atom. The van der Waals surface area contributed by atoms with Crippen molar-refractivity contribution in [1.82, 2.24) is 0 Å². The Hall–Kier alpha value is -1.01. The Morgan fingerprint density at radius 3 is 2.56 bits per heavy atom. The zero-order valence-electron chi connectivity index (χ0n) is 5.31. The fourth-order valence-corrected chi connectivity index (χ4v) is 0.756. The summed E-state index contributed by atoms with van der Waals surface area (Å²) in [6.45, 7) is 1.68. The Labute approximate surface area is 54.1 Å². The van der Waals surface area contributed by atoms with Gasteiger partial charge in [-0.15, -0.1) is 0 Å². The van der Waals surface area contributed by atoms with Crippen molar-refractivity contribution in [3.63, 3.8) is 0 Å². The standard InChI is InChI=1S/C7H8O2/c1-5-6(8)3-2-4-7(5)9/h2-3H2,1H3,(H-,8,9)/p+1. The van der Waals surface area contributed by atoms with E-state index < -0.39 is 0 Å². The Kier molecular flexibility index (Phi) is 1.41. The van der Waals surface area contributed by atoms with Crippen molar-refractivity contribution in [2.75, 3.05) is 0 Å². The summed E-state index contributed by atoms with van der Waals surface area (Å²) in [5.41, 5.74) is 0.557.